The number of allylic oxidation sites excluding steroid dienone is 2. The predicted molar refractivity (Wildman–Crippen MR) is 118 cm³/mol. The molecule has 0 atom stereocenters. The summed E-state index contributed by atoms with van der Waals surface area (Å²) in [5.74, 6) is -0.229. The lowest BCUT2D eigenvalue weighted by Crippen LogP contribution is -2.39. The molecule has 1 heterocycles. The van der Waals surface area contributed by atoms with E-state index in [1.54, 1.807) is 7.05 Å². The van der Waals surface area contributed by atoms with Gasteiger partial charge >= 0.3 is 0 Å². The number of nitrogens with zero attached hydrogens (tertiary/aromatic N) is 2. The van der Waals surface area contributed by atoms with E-state index in [4.69, 9.17) is 5.41 Å². The third-order valence-corrected chi connectivity index (χ3v) is 5.97. The summed E-state index contributed by atoms with van der Waals surface area (Å²) in [4.78, 5) is 27.9. The zero-order valence-electron chi connectivity index (χ0n) is 17.8. The van der Waals surface area contributed by atoms with Gasteiger partial charge in [0.25, 0.3) is 11.5 Å². The Morgan fingerprint density at radius 1 is 1.17 bits per heavy atom. The van der Waals surface area contributed by atoms with Gasteiger partial charge in [-0.15, -0.1) is 0 Å². The molecule has 2 aliphatic rings. The highest BCUT2D eigenvalue weighted by molar-refractivity contribution is 6.12. The molecule has 0 saturated carbocycles. The number of rotatable bonds is 5. The number of likely N-dealkylation sites (N-methyl/N-ethyl adjacent to an activating group) is 1. The summed E-state index contributed by atoms with van der Waals surface area (Å²) in [5.41, 5.74) is 3.00. The average molecular weight is 396 g/mol. The van der Waals surface area contributed by atoms with Gasteiger partial charge in [-0.3, -0.25) is 19.9 Å². The Balaban J connectivity index is 1.99. The van der Waals surface area contributed by atoms with Gasteiger partial charge in [-0.2, -0.15) is 0 Å². The van der Waals surface area contributed by atoms with Gasteiger partial charge in [0.15, 0.2) is 0 Å². The zero-order chi connectivity index (χ0) is 20.8. The SMILES string of the molecule is CCCCn1c2c(cc(C(=O)N(C)C(=N)C3=CCCC=C3)c1=O)CCCCCC2. The first-order chi connectivity index (χ1) is 14.0. The Morgan fingerprint density at radius 2 is 1.93 bits per heavy atom. The van der Waals surface area contributed by atoms with Crippen molar-refractivity contribution in [3.8, 4) is 0 Å². The van der Waals surface area contributed by atoms with Crippen LogP contribution in [0.3, 0.4) is 0 Å². The molecular weight excluding hydrogens is 362 g/mol. The summed E-state index contributed by atoms with van der Waals surface area (Å²) in [6.45, 7) is 2.78. The van der Waals surface area contributed by atoms with E-state index in [0.29, 0.717) is 6.54 Å². The number of unbranched alkanes of at least 4 members (excludes halogenated alkanes) is 1. The summed E-state index contributed by atoms with van der Waals surface area (Å²) in [6.07, 6.45) is 16.0. The molecule has 1 N–H and O–H groups in total. The van der Waals surface area contributed by atoms with E-state index in [0.717, 1.165) is 68.2 Å². The largest absolute Gasteiger partial charge is 0.312 e. The van der Waals surface area contributed by atoms with Crippen LogP contribution in [0, 0.1) is 5.41 Å². The molecule has 0 aromatic carbocycles. The normalized spacial score (nSPS) is 16.4. The Labute approximate surface area is 173 Å². The molecule has 0 spiro atoms. The summed E-state index contributed by atoms with van der Waals surface area (Å²) in [7, 11) is 1.60. The van der Waals surface area contributed by atoms with Crippen molar-refractivity contribution in [3.05, 3.63) is 57.0 Å². The van der Waals surface area contributed by atoms with E-state index in [-0.39, 0.29) is 22.9 Å². The molecule has 0 unspecified atom stereocenters. The van der Waals surface area contributed by atoms with Gasteiger partial charge in [0.05, 0.1) is 0 Å². The van der Waals surface area contributed by atoms with Crippen LogP contribution in [0.15, 0.2) is 34.7 Å². The van der Waals surface area contributed by atoms with Gasteiger partial charge in [-0.25, -0.2) is 0 Å². The quantitative estimate of drug-likeness (QED) is 0.583. The molecule has 2 aliphatic carbocycles. The number of hydrogen-bond donors (Lipinski definition) is 1. The molecule has 0 fully saturated rings. The van der Waals surface area contributed by atoms with E-state index >= 15 is 0 Å². The van der Waals surface area contributed by atoms with Crippen molar-refractivity contribution in [2.24, 2.45) is 0 Å². The van der Waals surface area contributed by atoms with Gasteiger partial charge in [-0.1, -0.05) is 44.4 Å². The van der Waals surface area contributed by atoms with E-state index < -0.39 is 0 Å². The summed E-state index contributed by atoms with van der Waals surface area (Å²) >= 11 is 0. The number of fused-ring (bicyclic) bond motifs is 1. The van der Waals surface area contributed by atoms with Crippen molar-refractivity contribution in [2.75, 3.05) is 7.05 Å². The third-order valence-electron chi connectivity index (χ3n) is 5.97. The number of pyridine rings is 1. The Hall–Kier alpha value is -2.43. The second-order valence-electron chi connectivity index (χ2n) is 8.11. The number of aryl methyl sites for hydroxylation is 1. The number of carbonyl (C=O) groups is 1. The Bertz CT molecular complexity index is 892. The maximum absolute atomic E-state index is 13.3. The average Bonchev–Trinajstić information content (AvgIpc) is 2.73. The van der Waals surface area contributed by atoms with Crippen LogP contribution < -0.4 is 5.56 Å². The minimum atomic E-state index is -0.380. The number of nitrogens with one attached hydrogen (secondary N) is 1. The maximum Gasteiger partial charge on any atom is 0.264 e. The van der Waals surface area contributed by atoms with Crippen LogP contribution >= 0.6 is 0 Å². The first kappa shape index (κ1) is 21.3. The molecule has 0 saturated heterocycles. The monoisotopic (exact) mass is 395 g/mol. The van der Waals surface area contributed by atoms with Gasteiger partial charge < -0.3 is 4.57 Å². The lowest BCUT2D eigenvalue weighted by atomic mass is 9.95. The van der Waals surface area contributed by atoms with Gasteiger partial charge in [-0.05, 0) is 56.6 Å². The molecule has 1 aromatic rings. The highest BCUT2D eigenvalue weighted by atomic mass is 16.2. The molecule has 0 aliphatic heterocycles. The van der Waals surface area contributed by atoms with Crippen LogP contribution in [0.25, 0.3) is 0 Å². The molecule has 1 amide bonds. The van der Waals surface area contributed by atoms with Crippen LogP contribution in [-0.2, 0) is 19.4 Å². The van der Waals surface area contributed by atoms with E-state index in [9.17, 15) is 9.59 Å². The fourth-order valence-electron chi connectivity index (χ4n) is 4.20. The lowest BCUT2D eigenvalue weighted by molar-refractivity contribution is 0.0868. The number of hydrogen-bond acceptors (Lipinski definition) is 3. The van der Waals surface area contributed by atoms with Crippen LogP contribution in [0.2, 0.25) is 0 Å². The maximum atomic E-state index is 13.3. The number of aromatic nitrogens is 1. The molecular formula is C24H33N3O2. The fourth-order valence-corrected chi connectivity index (χ4v) is 4.20. The molecule has 5 nitrogen and oxygen atoms in total. The first-order valence-electron chi connectivity index (χ1n) is 11.0. The fraction of sp³-hybridized carbons (Fsp3) is 0.542. The molecule has 5 heteroatoms. The minimum absolute atomic E-state index is 0.150. The van der Waals surface area contributed by atoms with Crippen molar-refractivity contribution in [2.45, 2.75) is 77.7 Å². The standard InChI is InChI=1S/C24H33N3O2/c1-3-4-16-27-21-15-11-6-5-8-14-19(21)17-20(24(27)29)23(28)26(2)22(25)18-12-9-7-10-13-18/h9,12-13,17,25H,3-8,10-11,14-16H2,1-2H3. The van der Waals surface area contributed by atoms with Crippen molar-refractivity contribution >= 4 is 11.7 Å². The number of amidine groups is 1. The molecule has 156 valence electrons. The van der Waals surface area contributed by atoms with Crippen LogP contribution in [0.4, 0.5) is 0 Å². The highest BCUT2D eigenvalue weighted by Gasteiger charge is 2.24. The van der Waals surface area contributed by atoms with Gasteiger partial charge in [0.2, 0.25) is 0 Å². The van der Waals surface area contributed by atoms with E-state index in [2.05, 4.69) is 6.92 Å². The van der Waals surface area contributed by atoms with Crippen LogP contribution in [0.5, 0.6) is 0 Å². The Kier molecular flexibility index (Phi) is 7.24. The second kappa shape index (κ2) is 9.86. The highest BCUT2D eigenvalue weighted by Crippen LogP contribution is 2.21. The van der Waals surface area contributed by atoms with Gasteiger partial charge in [0.1, 0.15) is 11.4 Å². The van der Waals surface area contributed by atoms with Crippen LogP contribution in [-0.4, -0.2) is 28.3 Å². The van der Waals surface area contributed by atoms with E-state index in [1.165, 1.54) is 17.7 Å². The number of amides is 1. The van der Waals surface area contributed by atoms with Gasteiger partial charge in [0, 0.05) is 24.9 Å². The van der Waals surface area contributed by atoms with Crippen LogP contribution in [0.1, 0.15) is 79.9 Å². The summed E-state index contributed by atoms with van der Waals surface area (Å²) in [5, 5.41) is 8.43. The molecule has 1 aromatic heterocycles. The number of carbonyl (C=O) groups excluding carboxylic acids is 1. The van der Waals surface area contributed by atoms with Crippen molar-refractivity contribution < 1.29 is 4.79 Å². The predicted octanol–water partition coefficient (Wildman–Crippen LogP) is 4.63. The molecule has 0 bridgehead atoms. The molecule has 0 radical (unpaired) electrons. The van der Waals surface area contributed by atoms with Crippen molar-refractivity contribution in [3.63, 3.8) is 0 Å². The molecule has 29 heavy (non-hydrogen) atoms. The van der Waals surface area contributed by atoms with E-state index in [1.807, 2.05) is 28.9 Å². The zero-order valence-corrected chi connectivity index (χ0v) is 17.8. The first-order valence-corrected chi connectivity index (χ1v) is 11.0. The summed E-state index contributed by atoms with van der Waals surface area (Å²) < 4.78 is 1.86. The van der Waals surface area contributed by atoms with Crippen molar-refractivity contribution in [1.29, 1.82) is 5.41 Å². The second-order valence-corrected chi connectivity index (χ2v) is 8.11. The van der Waals surface area contributed by atoms with Crippen molar-refractivity contribution in [1.82, 2.24) is 9.47 Å². The third kappa shape index (κ3) is 4.77. The lowest BCUT2D eigenvalue weighted by Gasteiger charge is -2.23. The minimum Gasteiger partial charge on any atom is -0.312 e. The molecule has 3 rings (SSSR count). The Morgan fingerprint density at radius 3 is 2.62 bits per heavy atom. The topological polar surface area (TPSA) is 66.2 Å². The summed E-state index contributed by atoms with van der Waals surface area (Å²) in [6, 6.07) is 1.82. The smallest absolute Gasteiger partial charge is 0.264 e.